The van der Waals surface area contributed by atoms with Crippen molar-refractivity contribution in [3.63, 3.8) is 0 Å². The Morgan fingerprint density at radius 3 is 1.85 bits per heavy atom. The number of carbonyl (C=O) groups is 2. The summed E-state index contributed by atoms with van der Waals surface area (Å²) in [5.41, 5.74) is 2.62. The number of hydrogen-bond donors (Lipinski definition) is 0. The van der Waals surface area contributed by atoms with Crippen molar-refractivity contribution < 1.29 is 24.0 Å². The van der Waals surface area contributed by atoms with E-state index in [1.54, 1.807) is 12.1 Å². The van der Waals surface area contributed by atoms with E-state index in [1.807, 2.05) is 54.6 Å². The average Bonchev–Trinajstić information content (AvgIpc) is 2.88. The van der Waals surface area contributed by atoms with Gasteiger partial charge in [-0.05, 0) is 59.7 Å². The molecule has 4 rings (SSSR count). The lowest BCUT2D eigenvalue weighted by atomic mass is 10.1. The van der Waals surface area contributed by atoms with Crippen LogP contribution >= 0.6 is 0 Å². The van der Waals surface area contributed by atoms with Crippen molar-refractivity contribution >= 4 is 17.4 Å². The van der Waals surface area contributed by atoms with Gasteiger partial charge in [-0.2, -0.15) is 0 Å². The highest BCUT2D eigenvalue weighted by Gasteiger charge is 2.13. The van der Waals surface area contributed by atoms with Gasteiger partial charge in [0.25, 0.3) is 5.69 Å². The van der Waals surface area contributed by atoms with Crippen molar-refractivity contribution in [2.24, 2.45) is 0 Å². The van der Waals surface area contributed by atoms with Gasteiger partial charge in [0.15, 0.2) is 12.4 Å². The Bertz CT molecular complexity index is 1300. The number of Topliss-reactive ketones (excluding diaryl/α,β-unsaturated/α-hetero) is 1. The first-order chi connectivity index (χ1) is 16.5. The molecule has 34 heavy (non-hydrogen) atoms. The molecular weight excluding hydrogens is 434 g/mol. The fraction of sp³-hybridized carbons (Fsp3) is 0.0370. The number of nitro groups is 1. The van der Waals surface area contributed by atoms with Crippen LogP contribution in [-0.2, 0) is 0 Å². The monoisotopic (exact) mass is 453 g/mol. The fourth-order valence-corrected chi connectivity index (χ4v) is 3.20. The van der Waals surface area contributed by atoms with E-state index in [0.29, 0.717) is 11.3 Å². The van der Waals surface area contributed by atoms with Crippen LogP contribution in [0.15, 0.2) is 103 Å². The maximum Gasteiger partial charge on any atom is 0.343 e. The van der Waals surface area contributed by atoms with E-state index in [0.717, 1.165) is 11.1 Å². The average molecular weight is 453 g/mol. The number of ether oxygens (including phenoxy) is 2. The van der Waals surface area contributed by atoms with E-state index in [2.05, 4.69) is 0 Å². The van der Waals surface area contributed by atoms with Gasteiger partial charge in [-0.25, -0.2) is 4.79 Å². The summed E-state index contributed by atoms with van der Waals surface area (Å²) in [7, 11) is 0. The minimum Gasteiger partial charge on any atom is -0.485 e. The summed E-state index contributed by atoms with van der Waals surface area (Å²) in [6.45, 7) is -0.132. The van der Waals surface area contributed by atoms with Crippen LogP contribution in [0.1, 0.15) is 20.7 Å². The zero-order valence-electron chi connectivity index (χ0n) is 17.9. The van der Waals surface area contributed by atoms with Crippen molar-refractivity contribution in [1.29, 1.82) is 0 Å². The van der Waals surface area contributed by atoms with Crippen molar-refractivity contribution in [1.82, 2.24) is 0 Å². The van der Waals surface area contributed by atoms with Crippen molar-refractivity contribution in [3.8, 4) is 22.6 Å². The maximum atomic E-state index is 12.5. The lowest BCUT2D eigenvalue weighted by molar-refractivity contribution is -0.384. The van der Waals surface area contributed by atoms with Gasteiger partial charge in [-0.1, -0.05) is 42.5 Å². The first-order valence-corrected chi connectivity index (χ1v) is 10.4. The SMILES string of the molecule is O=C(COc1ccc(-c2ccccc2)cc1)c1ccc(OC(=O)c2ccc([N+](=O)[O-])cc2)cc1. The number of non-ortho nitro benzene ring substituents is 1. The van der Waals surface area contributed by atoms with Crippen LogP contribution in [0.3, 0.4) is 0 Å². The fourth-order valence-electron chi connectivity index (χ4n) is 3.20. The smallest absolute Gasteiger partial charge is 0.343 e. The highest BCUT2D eigenvalue weighted by Crippen LogP contribution is 2.22. The normalized spacial score (nSPS) is 10.4. The summed E-state index contributed by atoms with van der Waals surface area (Å²) < 4.78 is 10.9. The van der Waals surface area contributed by atoms with Crippen LogP contribution in [0.4, 0.5) is 5.69 Å². The van der Waals surface area contributed by atoms with Gasteiger partial charge in [0, 0.05) is 17.7 Å². The first-order valence-electron chi connectivity index (χ1n) is 10.4. The molecule has 7 heteroatoms. The molecular formula is C27H19NO6. The molecule has 0 unspecified atom stereocenters. The zero-order valence-corrected chi connectivity index (χ0v) is 17.9. The Morgan fingerprint density at radius 1 is 0.676 bits per heavy atom. The summed E-state index contributed by atoms with van der Waals surface area (Å²) in [4.78, 5) is 34.8. The minimum atomic E-state index is -0.656. The number of nitrogens with zero attached hydrogens (tertiary/aromatic N) is 1. The summed E-state index contributed by atoms with van der Waals surface area (Å²) in [6, 6.07) is 28.6. The van der Waals surface area contributed by atoms with Gasteiger partial charge >= 0.3 is 5.97 Å². The lowest BCUT2D eigenvalue weighted by Crippen LogP contribution is -2.12. The molecule has 0 radical (unpaired) electrons. The molecule has 168 valence electrons. The topological polar surface area (TPSA) is 95.7 Å². The molecule has 4 aromatic rings. The van der Waals surface area contributed by atoms with Crippen LogP contribution in [0.25, 0.3) is 11.1 Å². The molecule has 7 nitrogen and oxygen atoms in total. The Labute approximate surface area is 195 Å². The molecule has 0 saturated carbocycles. The first kappa shape index (κ1) is 22.4. The lowest BCUT2D eigenvalue weighted by Gasteiger charge is -2.08. The predicted molar refractivity (Wildman–Crippen MR) is 126 cm³/mol. The van der Waals surface area contributed by atoms with E-state index in [1.165, 1.54) is 36.4 Å². The number of benzene rings is 4. The Hall–Kier alpha value is -4.78. The second-order valence-electron chi connectivity index (χ2n) is 7.32. The van der Waals surface area contributed by atoms with E-state index >= 15 is 0 Å². The van der Waals surface area contributed by atoms with Crippen molar-refractivity contribution in [3.05, 3.63) is 124 Å². The molecule has 0 amide bonds. The summed E-state index contributed by atoms with van der Waals surface area (Å²) in [6.07, 6.45) is 0. The van der Waals surface area contributed by atoms with Gasteiger partial charge in [0.2, 0.25) is 0 Å². The third-order valence-electron chi connectivity index (χ3n) is 5.03. The zero-order chi connectivity index (χ0) is 23.9. The molecule has 0 N–H and O–H groups in total. The van der Waals surface area contributed by atoms with E-state index in [4.69, 9.17) is 9.47 Å². The van der Waals surface area contributed by atoms with Crippen LogP contribution in [0, 0.1) is 10.1 Å². The van der Waals surface area contributed by atoms with Gasteiger partial charge in [0.1, 0.15) is 11.5 Å². The maximum absolute atomic E-state index is 12.5. The van der Waals surface area contributed by atoms with Crippen molar-refractivity contribution in [2.45, 2.75) is 0 Å². The van der Waals surface area contributed by atoms with E-state index in [9.17, 15) is 19.7 Å². The number of nitro benzene ring substituents is 1. The van der Waals surface area contributed by atoms with Gasteiger partial charge in [-0.3, -0.25) is 14.9 Å². The van der Waals surface area contributed by atoms with Crippen LogP contribution < -0.4 is 9.47 Å². The third kappa shape index (κ3) is 5.52. The number of esters is 1. The summed E-state index contributed by atoms with van der Waals surface area (Å²) in [5.74, 6) is -0.0457. The van der Waals surface area contributed by atoms with Crippen LogP contribution in [-0.4, -0.2) is 23.3 Å². The van der Waals surface area contributed by atoms with Gasteiger partial charge < -0.3 is 9.47 Å². The van der Waals surface area contributed by atoms with Gasteiger partial charge in [0.05, 0.1) is 10.5 Å². The molecule has 0 spiro atoms. The molecule has 0 aliphatic heterocycles. The quantitative estimate of drug-likeness (QED) is 0.111. The number of rotatable bonds is 8. The molecule has 0 fully saturated rings. The van der Waals surface area contributed by atoms with E-state index < -0.39 is 10.9 Å². The molecule has 0 saturated heterocycles. The largest absolute Gasteiger partial charge is 0.485 e. The second-order valence-corrected chi connectivity index (χ2v) is 7.32. The highest BCUT2D eigenvalue weighted by molar-refractivity contribution is 5.97. The van der Waals surface area contributed by atoms with Crippen LogP contribution in [0.5, 0.6) is 11.5 Å². The number of carbonyl (C=O) groups excluding carboxylic acids is 2. The Balaban J connectivity index is 1.31. The predicted octanol–water partition coefficient (Wildman–Crippen LogP) is 5.74. The molecule has 0 aliphatic carbocycles. The van der Waals surface area contributed by atoms with Crippen molar-refractivity contribution in [2.75, 3.05) is 6.61 Å². The minimum absolute atomic E-state index is 0.117. The molecule has 0 atom stereocenters. The Morgan fingerprint density at radius 2 is 1.24 bits per heavy atom. The van der Waals surface area contributed by atoms with E-state index in [-0.39, 0.29) is 29.4 Å². The van der Waals surface area contributed by atoms with Crippen LogP contribution in [0.2, 0.25) is 0 Å². The molecule has 4 aromatic carbocycles. The molecule has 0 aromatic heterocycles. The second kappa shape index (κ2) is 10.2. The van der Waals surface area contributed by atoms with Gasteiger partial charge in [-0.15, -0.1) is 0 Å². The summed E-state index contributed by atoms with van der Waals surface area (Å²) >= 11 is 0. The molecule has 0 aliphatic rings. The Kier molecular flexibility index (Phi) is 6.74. The molecule has 0 heterocycles. The number of hydrogen-bond acceptors (Lipinski definition) is 6. The molecule has 0 bridgehead atoms. The third-order valence-corrected chi connectivity index (χ3v) is 5.03. The standard InChI is InChI=1S/C27H19NO6/c29-26(18-33-24-14-8-20(9-15-24)19-4-2-1-3-5-19)21-10-16-25(17-11-21)34-27(30)22-6-12-23(13-7-22)28(31)32/h1-17H,18H2. The number of ketones is 1. The summed E-state index contributed by atoms with van der Waals surface area (Å²) in [5, 5.41) is 10.7. The highest BCUT2D eigenvalue weighted by atomic mass is 16.6.